The summed E-state index contributed by atoms with van der Waals surface area (Å²) >= 11 is 0. The largest absolute Gasteiger partial charge is 0.461 e. The molecular formula is C15H25NO4. The third kappa shape index (κ3) is 4.54. The first-order valence-corrected chi connectivity index (χ1v) is 6.94. The van der Waals surface area contributed by atoms with Crippen molar-refractivity contribution in [1.82, 2.24) is 4.90 Å². The molecule has 5 heteroatoms. The van der Waals surface area contributed by atoms with Crippen molar-refractivity contribution in [2.75, 3.05) is 19.7 Å². The molecule has 0 unspecified atom stereocenters. The molecule has 0 aromatic rings. The lowest BCUT2D eigenvalue weighted by atomic mass is 9.80. The maximum Gasteiger partial charge on any atom is 0.410 e. The van der Waals surface area contributed by atoms with Gasteiger partial charge >= 0.3 is 12.1 Å². The summed E-state index contributed by atoms with van der Waals surface area (Å²) < 4.78 is 10.4. The van der Waals surface area contributed by atoms with Crippen molar-refractivity contribution < 1.29 is 19.1 Å². The van der Waals surface area contributed by atoms with Gasteiger partial charge in [-0.2, -0.15) is 0 Å². The molecule has 0 spiro atoms. The molecule has 0 N–H and O–H groups in total. The molecule has 0 radical (unpaired) electrons. The molecule has 5 nitrogen and oxygen atoms in total. The summed E-state index contributed by atoms with van der Waals surface area (Å²) in [5, 5.41) is 0. The first-order chi connectivity index (χ1) is 9.18. The molecule has 0 saturated carbocycles. The highest BCUT2D eigenvalue weighted by atomic mass is 16.6. The summed E-state index contributed by atoms with van der Waals surface area (Å²) in [5.41, 5.74) is -1.03. The Kier molecular flexibility index (Phi) is 5.20. The van der Waals surface area contributed by atoms with Gasteiger partial charge < -0.3 is 14.4 Å². The van der Waals surface area contributed by atoms with E-state index in [2.05, 4.69) is 6.58 Å². The Morgan fingerprint density at radius 2 is 1.85 bits per heavy atom. The Balaban J connectivity index is 2.52. The van der Waals surface area contributed by atoms with Crippen LogP contribution in [0.5, 0.6) is 0 Å². The average molecular weight is 283 g/mol. The van der Waals surface area contributed by atoms with E-state index in [0.717, 1.165) is 0 Å². The number of carbonyl (C=O) groups is 2. The number of hydrogen-bond donors (Lipinski definition) is 0. The first kappa shape index (κ1) is 16.5. The molecule has 1 aliphatic heterocycles. The fourth-order valence-corrected chi connectivity index (χ4v) is 2.02. The number of carbonyl (C=O) groups excluding carboxylic acids is 2. The van der Waals surface area contributed by atoms with E-state index in [-0.39, 0.29) is 18.7 Å². The molecule has 20 heavy (non-hydrogen) atoms. The zero-order valence-corrected chi connectivity index (χ0v) is 12.9. The van der Waals surface area contributed by atoms with Gasteiger partial charge in [0.05, 0.1) is 5.41 Å². The molecule has 0 aromatic carbocycles. The zero-order valence-electron chi connectivity index (χ0n) is 12.9. The normalized spacial score (nSPS) is 18.3. The molecule has 114 valence electrons. The number of piperidine rings is 1. The Bertz CT molecular complexity index is 376. The minimum Gasteiger partial charge on any atom is -0.461 e. The predicted molar refractivity (Wildman–Crippen MR) is 76.3 cm³/mol. The molecule has 0 aliphatic carbocycles. The van der Waals surface area contributed by atoms with Gasteiger partial charge in [-0.05, 0) is 40.5 Å². The van der Waals surface area contributed by atoms with Crippen LogP contribution in [-0.2, 0) is 14.3 Å². The quantitative estimate of drug-likeness (QED) is 0.590. The monoisotopic (exact) mass is 283 g/mol. The van der Waals surface area contributed by atoms with Gasteiger partial charge in [0.1, 0.15) is 12.2 Å². The van der Waals surface area contributed by atoms with Gasteiger partial charge in [0, 0.05) is 13.1 Å². The Morgan fingerprint density at radius 1 is 1.30 bits per heavy atom. The van der Waals surface area contributed by atoms with E-state index < -0.39 is 11.0 Å². The second-order valence-electron chi connectivity index (χ2n) is 6.42. The number of rotatable bonds is 3. The second-order valence-corrected chi connectivity index (χ2v) is 6.42. The van der Waals surface area contributed by atoms with Crippen LogP contribution in [0.15, 0.2) is 12.7 Å². The van der Waals surface area contributed by atoms with Gasteiger partial charge in [-0.15, -0.1) is 0 Å². The topological polar surface area (TPSA) is 55.8 Å². The summed E-state index contributed by atoms with van der Waals surface area (Å²) in [4.78, 5) is 25.6. The van der Waals surface area contributed by atoms with E-state index in [1.54, 1.807) is 11.0 Å². The number of likely N-dealkylation sites (tertiary alicyclic amines) is 1. The molecule has 1 saturated heterocycles. The fraction of sp³-hybridized carbons (Fsp3) is 0.733. The van der Waals surface area contributed by atoms with Crippen LogP contribution in [0.2, 0.25) is 0 Å². The Morgan fingerprint density at radius 3 is 2.30 bits per heavy atom. The maximum atomic E-state index is 12.0. The van der Waals surface area contributed by atoms with Crippen molar-refractivity contribution >= 4 is 12.1 Å². The van der Waals surface area contributed by atoms with Crippen LogP contribution in [0.25, 0.3) is 0 Å². The Labute approximate surface area is 120 Å². The van der Waals surface area contributed by atoms with Crippen LogP contribution < -0.4 is 0 Å². The summed E-state index contributed by atoms with van der Waals surface area (Å²) in [5.74, 6) is -0.221. The zero-order chi connectivity index (χ0) is 15.4. The van der Waals surface area contributed by atoms with Crippen molar-refractivity contribution in [3.8, 4) is 0 Å². The van der Waals surface area contributed by atoms with Gasteiger partial charge in [-0.1, -0.05) is 12.7 Å². The summed E-state index contributed by atoms with van der Waals surface area (Å²) in [6.45, 7) is 12.2. The molecule has 1 heterocycles. The van der Waals surface area contributed by atoms with E-state index in [4.69, 9.17) is 9.47 Å². The predicted octanol–water partition coefficient (Wildman–Crippen LogP) is 2.75. The van der Waals surface area contributed by atoms with Crippen molar-refractivity contribution in [3.05, 3.63) is 12.7 Å². The van der Waals surface area contributed by atoms with E-state index in [1.807, 2.05) is 27.7 Å². The van der Waals surface area contributed by atoms with E-state index in [1.165, 1.54) is 0 Å². The SMILES string of the molecule is C=CCOC(=O)C1(C)CCN(C(=O)OC(C)(C)C)CC1. The molecule has 0 bridgehead atoms. The third-order valence-electron chi connectivity index (χ3n) is 3.34. The lowest BCUT2D eigenvalue weighted by Crippen LogP contribution is -2.47. The van der Waals surface area contributed by atoms with Crippen LogP contribution in [0.3, 0.4) is 0 Å². The number of ether oxygens (including phenoxy) is 2. The highest BCUT2D eigenvalue weighted by Gasteiger charge is 2.40. The van der Waals surface area contributed by atoms with Crippen LogP contribution >= 0.6 is 0 Å². The van der Waals surface area contributed by atoms with Gasteiger partial charge in [0.15, 0.2) is 0 Å². The number of amides is 1. The minimum absolute atomic E-state index is 0.221. The van der Waals surface area contributed by atoms with Gasteiger partial charge in [-0.3, -0.25) is 4.79 Å². The van der Waals surface area contributed by atoms with Gasteiger partial charge in [-0.25, -0.2) is 4.79 Å². The minimum atomic E-state index is -0.526. The molecule has 0 aromatic heterocycles. The third-order valence-corrected chi connectivity index (χ3v) is 3.34. The van der Waals surface area contributed by atoms with E-state index in [0.29, 0.717) is 25.9 Å². The van der Waals surface area contributed by atoms with Gasteiger partial charge in [0.2, 0.25) is 0 Å². The van der Waals surface area contributed by atoms with E-state index >= 15 is 0 Å². The molecule has 1 rings (SSSR count). The van der Waals surface area contributed by atoms with Crippen molar-refractivity contribution in [2.45, 2.75) is 46.1 Å². The lowest BCUT2D eigenvalue weighted by Gasteiger charge is -2.37. The first-order valence-electron chi connectivity index (χ1n) is 6.94. The molecule has 0 atom stereocenters. The highest BCUT2D eigenvalue weighted by Crippen LogP contribution is 2.32. The van der Waals surface area contributed by atoms with Crippen molar-refractivity contribution in [3.63, 3.8) is 0 Å². The second kappa shape index (κ2) is 6.29. The Hall–Kier alpha value is -1.52. The van der Waals surface area contributed by atoms with Crippen molar-refractivity contribution in [2.24, 2.45) is 5.41 Å². The standard InChI is InChI=1S/C15H25NO4/c1-6-11-19-12(17)15(5)7-9-16(10-8-15)13(18)20-14(2,3)4/h6H,1,7-11H2,2-5H3. The summed E-state index contributed by atoms with van der Waals surface area (Å²) in [7, 11) is 0. The van der Waals surface area contributed by atoms with Crippen LogP contribution in [0.4, 0.5) is 4.79 Å². The smallest absolute Gasteiger partial charge is 0.410 e. The summed E-state index contributed by atoms with van der Waals surface area (Å²) in [6, 6.07) is 0. The summed E-state index contributed by atoms with van der Waals surface area (Å²) in [6.07, 6.45) is 2.40. The lowest BCUT2D eigenvalue weighted by molar-refractivity contribution is -0.156. The van der Waals surface area contributed by atoms with Crippen LogP contribution in [0, 0.1) is 5.41 Å². The average Bonchev–Trinajstić information content (AvgIpc) is 2.34. The van der Waals surface area contributed by atoms with Crippen LogP contribution in [-0.4, -0.2) is 42.3 Å². The number of esters is 1. The van der Waals surface area contributed by atoms with Crippen molar-refractivity contribution in [1.29, 1.82) is 0 Å². The maximum absolute atomic E-state index is 12.0. The number of nitrogens with zero attached hydrogens (tertiary/aromatic N) is 1. The fourth-order valence-electron chi connectivity index (χ4n) is 2.02. The molecular weight excluding hydrogens is 258 g/mol. The molecule has 1 aliphatic rings. The highest BCUT2D eigenvalue weighted by molar-refractivity contribution is 5.77. The number of hydrogen-bond acceptors (Lipinski definition) is 4. The van der Waals surface area contributed by atoms with Gasteiger partial charge in [0.25, 0.3) is 0 Å². The molecule has 1 amide bonds. The molecule has 1 fully saturated rings. The van der Waals surface area contributed by atoms with Crippen LogP contribution in [0.1, 0.15) is 40.5 Å². The van der Waals surface area contributed by atoms with E-state index in [9.17, 15) is 9.59 Å².